The second kappa shape index (κ2) is 6.67. The molecule has 1 aliphatic heterocycles. The first-order chi connectivity index (χ1) is 12.2. The van der Waals surface area contributed by atoms with E-state index in [2.05, 4.69) is 4.98 Å². The van der Waals surface area contributed by atoms with Crippen LogP contribution in [0.3, 0.4) is 0 Å². The SMILES string of the molecule is CC(C)(C)OC(=O)c1ccc(N2CCOc3cc(C(=O)O)cnc32)cc1. The molecule has 3 rings (SSSR count). The summed E-state index contributed by atoms with van der Waals surface area (Å²) in [6, 6.07) is 8.47. The molecule has 0 bridgehead atoms. The summed E-state index contributed by atoms with van der Waals surface area (Å²) >= 11 is 0. The lowest BCUT2D eigenvalue weighted by Gasteiger charge is -2.30. The first kappa shape index (κ1) is 17.7. The quantitative estimate of drug-likeness (QED) is 0.844. The van der Waals surface area contributed by atoms with Gasteiger partial charge in [-0.25, -0.2) is 14.6 Å². The molecular weight excluding hydrogens is 336 g/mol. The lowest BCUT2D eigenvalue weighted by molar-refractivity contribution is 0.00693. The molecule has 0 unspecified atom stereocenters. The fraction of sp³-hybridized carbons (Fsp3) is 0.316. The zero-order valence-corrected chi connectivity index (χ0v) is 14.9. The Kier molecular flexibility index (Phi) is 4.54. The summed E-state index contributed by atoms with van der Waals surface area (Å²) in [5.74, 6) is -0.461. The number of hydrogen-bond donors (Lipinski definition) is 1. The van der Waals surface area contributed by atoms with Gasteiger partial charge in [0.25, 0.3) is 0 Å². The van der Waals surface area contributed by atoms with Crippen LogP contribution in [0.5, 0.6) is 5.75 Å². The minimum Gasteiger partial charge on any atom is -0.488 e. The van der Waals surface area contributed by atoms with Gasteiger partial charge in [0, 0.05) is 18.0 Å². The number of benzene rings is 1. The lowest BCUT2D eigenvalue weighted by Crippen LogP contribution is -2.29. The Labute approximate surface area is 151 Å². The largest absolute Gasteiger partial charge is 0.488 e. The van der Waals surface area contributed by atoms with E-state index in [1.807, 2.05) is 25.7 Å². The van der Waals surface area contributed by atoms with E-state index in [9.17, 15) is 9.59 Å². The highest BCUT2D eigenvalue weighted by atomic mass is 16.6. The van der Waals surface area contributed by atoms with Gasteiger partial charge in [0.1, 0.15) is 12.2 Å². The van der Waals surface area contributed by atoms with Gasteiger partial charge < -0.3 is 19.5 Å². The topological polar surface area (TPSA) is 89.0 Å². The number of anilines is 2. The Morgan fingerprint density at radius 3 is 2.50 bits per heavy atom. The Morgan fingerprint density at radius 1 is 1.19 bits per heavy atom. The van der Waals surface area contributed by atoms with E-state index in [1.165, 1.54) is 12.3 Å². The Balaban J connectivity index is 1.85. The number of aromatic nitrogens is 1. The molecule has 1 aromatic carbocycles. The van der Waals surface area contributed by atoms with Crippen molar-refractivity contribution in [3.05, 3.63) is 47.7 Å². The predicted molar refractivity (Wildman–Crippen MR) is 95.3 cm³/mol. The average molecular weight is 356 g/mol. The summed E-state index contributed by atoms with van der Waals surface area (Å²) in [5, 5.41) is 9.08. The first-order valence-electron chi connectivity index (χ1n) is 8.22. The van der Waals surface area contributed by atoms with Crippen LogP contribution in [0, 0.1) is 0 Å². The lowest BCUT2D eigenvalue weighted by atomic mass is 10.1. The standard InChI is InChI=1S/C19H20N2O5/c1-19(2,3)26-18(24)12-4-6-14(7-5-12)21-8-9-25-15-10-13(17(22)23)11-20-16(15)21/h4-7,10-11H,8-9H2,1-3H3,(H,22,23). The molecule has 1 aliphatic rings. The van der Waals surface area contributed by atoms with Gasteiger partial charge in [0.2, 0.25) is 0 Å². The van der Waals surface area contributed by atoms with Crippen molar-refractivity contribution in [1.29, 1.82) is 0 Å². The van der Waals surface area contributed by atoms with Gasteiger partial charge in [-0.15, -0.1) is 0 Å². The highest BCUT2D eigenvalue weighted by Crippen LogP contribution is 2.35. The van der Waals surface area contributed by atoms with Crippen molar-refractivity contribution in [3.8, 4) is 5.75 Å². The van der Waals surface area contributed by atoms with E-state index in [0.29, 0.717) is 30.3 Å². The minimum atomic E-state index is -1.05. The van der Waals surface area contributed by atoms with Gasteiger partial charge >= 0.3 is 11.9 Å². The second-order valence-electron chi connectivity index (χ2n) is 6.90. The number of fused-ring (bicyclic) bond motifs is 1. The number of nitrogens with zero attached hydrogens (tertiary/aromatic N) is 2. The molecule has 0 fully saturated rings. The van der Waals surface area contributed by atoms with E-state index >= 15 is 0 Å². The third-order valence-electron chi connectivity index (χ3n) is 3.72. The number of carbonyl (C=O) groups is 2. The van der Waals surface area contributed by atoms with Crippen LogP contribution in [0.1, 0.15) is 41.5 Å². The van der Waals surface area contributed by atoms with E-state index in [0.717, 1.165) is 5.69 Å². The second-order valence-corrected chi connectivity index (χ2v) is 6.90. The normalized spacial score (nSPS) is 13.6. The Hall–Kier alpha value is -3.09. The first-order valence-corrected chi connectivity index (χ1v) is 8.22. The van der Waals surface area contributed by atoms with E-state index in [-0.39, 0.29) is 11.5 Å². The van der Waals surface area contributed by atoms with Gasteiger partial charge in [-0.3, -0.25) is 0 Å². The number of rotatable bonds is 3. The van der Waals surface area contributed by atoms with Crippen LogP contribution in [0.2, 0.25) is 0 Å². The molecule has 0 radical (unpaired) electrons. The highest BCUT2D eigenvalue weighted by Gasteiger charge is 2.23. The zero-order chi connectivity index (χ0) is 18.9. The number of carboxylic acids is 1. The van der Waals surface area contributed by atoms with Gasteiger partial charge in [0.15, 0.2) is 11.6 Å². The van der Waals surface area contributed by atoms with Crippen LogP contribution in [0.25, 0.3) is 0 Å². The average Bonchev–Trinajstić information content (AvgIpc) is 2.59. The molecule has 0 aliphatic carbocycles. The molecule has 0 saturated carbocycles. The smallest absolute Gasteiger partial charge is 0.338 e. The summed E-state index contributed by atoms with van der Waals surface area (Å²) in [6.45, 7) is 6.44. The molecule has 2 heterocycles. The summed E-state index contributed by atoms with van der Waals surface area (Å²) < 4.78 is 10.9. The molecule has 0 spiro atoms. The molecule has 2 aromatic rings. The fourth-order valence-electron chi connectivity index (χ4n) is 2.58. The Morgan fingerprint density at radius 2 is 1.88 bits per heavy atom. The van der Waals surface area contributed by atoms with Gasteiger partial charge in [-0.1, -0.05) is 0 Å². The molecule has 26 heavy (non-hydrogen) atoms. The number of carbonyl (C=O) groups excluding carboxylic acids is 1. The minimum absolute atomic E-state index is 0.0749. The van der Waals surface area contributed by atoms with Crippen molar-refractivity contribution in [1.82, 2.24) is 4.98 Å². The third-order valence-corrected chi connectivity index (χ3v) is 3.72. The monoisotopic (exact) mass is 356 g/mol. The fourth-order valence-corrected chi connectivity index (χ4v) is 2.58. The van der Waals surface area contributed by atoms with Crippen molar-refractivity contribution in [3.63, 3.8) is 0 Å². The molecule has 0 amide bonds. The van der Waals surface area contributed by atoms with E-state index in [1.54, 1.807) is 24.3 Å². The van der Waals surface area contributed by atoms with Crippen LogP contribution in [0.4, 0.5) is 11.5 Å². The molecule has 0 atom stereocenters. The maximum Gasteiger partial charge on any atom is 0.338 e. The van der Waals surface area contributed by atoms with Crippen LogP contribution >= 0.6 is 0 Å². The summed E-state index contributed by atoms with van der Waals surface area (Å²) in [5.41, 5.74) is 0.819. The van der Waals surface area contributed by atoms with Crippen LogP contribution in [0.15, 0.2) is 36.5 Å². The van der Waals surface area contributed by atoms with Gasteiger partial charge in [0.05, 0.1) is 17.7 Å². The van der Waals surface area contributed by atoms with Crippen molar-refractivity contribution in [2.45, 2.75) is 26.4 Å². The number of esters is 1. The summed E-state index contributed by atoms with van der Waals surface area (Å²) in [4.78, 5) is 29.4. The van der Waals surface area contributed by atoms with Crippen molar-refractivity contribution < 1.29 is 24.2 Å². The maximum absolute atomic E-state index is 12.1. The van der Waals surface area contributed by atoms with Crippen molar-refractivity contribution in [2.75, 3.05) is 18.1 Å². The van der Waals surface area contributed by atoms with Crippen molar-refractivity contribution in [2.24, 2.45) is 0 Å². The van der Waals surface area contributed by atoms with Crippen molar-refractivity contribution >= 4 is 23.4 Å². The zero-order valence-electron chi connectivity index (χ0n) is 14.9. The highest BCUT2D eigenvalue weighted by molar-refractivity contribution is 5.90. The molecule has 136 valence electrons. The summed E-state index contributed by atoms with van der Waals surface area (Å²) in [6.07, 6.45) is 1.30. The maximum atomic E-state index is 12.1. The number of hydrogen-bond acceptors (Lipinski definition) is 6. The molecule has 7 nitrogen and oxygen atoms in total. The molecule has 1 N–H and O–H groups in total. The molecule has 0 saturated heterocycles. The van der Waals surface area contributed by atoms with E-state index in [4.69, 9.17) is 14.6 Å². The number of pyridine rings is 1. The van der Waals surface area contributed by atoms with Crippen LogP contribution in [-0.4, -0.2) is 40.8 Å². The number of aromatic carboxylic acids is 1. The predicted octanol–water partition coefficient (Wildman–Crippen LogP) is 3.27. The van der Waals surface area contributed by atoms with Gasteiger partial charge in [-0.05, 0) is 45.0 Å². The molecule has 1 aromatic heterocycles. The third kappa shape index (κ3) is 3.77. The number of carboxylic acid groups (broad SMARTS) is 1. The van der Waals surface area contributed by atoms with Gasteiger partial charge in [-0.2, -0.15) is 0 Å². The number of ether oxygens (including phenoxy) is 2. The molecular formula is C19H20N2O5. The van der Waals surface area contributed by atoms with E-state index < -0.39 is 11.6 Å². The molecule has 7 heteroatoms. The Bertz CT molecular complexity index is 840. The summed E-state index contributed by atoms with van der Waals surface area (Å²) in [7, 11) is 0. The van der Waals surface area contributed by atoms with Crippen LogP contribution < -0.4 is 9.64 Å². The van der Waals surface area contributed by atoms with Crippen LogP contribution in [-0.2, 0) is 4.74 Å².